The van der Waals surface area contributed by atoms with Gasteiger partial charge in [-0.2, -0.15) is 11.8 Å². The van der Waals surface area contributed by atoms with Crippen molar-refractivity contribution in [3.63, 3.8) is 0 Å². The first-order valence-corrected chi connectivity index (χ1v) is 13.2. The van der Waals surface area contributed by atoms with Crippen LogP contribution in [0.5, 0.6) is 0 Å². The Morgan fingerprint density at radius 2 is 1.76 bits per heavy atom. The third kappa shape index (κ3) is 4.33. The normalized spacial score (nSPS) is 14.5. The quantitative estimate of drug-likeness (QED) is 0.330. The van der Waals surface area contributed by atoms with Gasteiger partial charge in [-0.05, 0) is 61.1 Å². The van der Waals surface area contributed by atoms with Crippen LogP contribution in [0, 0.1) is 0 Å². The number of amides is 1. The van der Waals surface area contributed by atoms with E-state index in [-0.39, 0.29) is 11.3 Å². The Kier molecular flexibility index (Phi) is 6.13. The van der Waals surface area contributed by atoms with Crippen LogP contribution in [0.1, 0.15) is 29.8 Å². The number of para-hydroxylation sites is 1. The first-order chi connectivity index (χ1) is 16.3. The highest BCUT2D eigenvalue weighted by atomic mass is 32.2. The summed E-state index contributed by atoms with van der Waals surface area (Å²) in [7, 11) is 2.61. The lowest BCUT2D eigenvalue weighted by Gasteiger charge is -2.32. The number of nitrogens with zero attached hydrogens (tertiary/aromatic N) is 1. The Bertz CT molecular complexity index is 1460. The lowest BCUT2D eigenvalue weighted by Crippen LogP contribution is -2.42. The van der Waals surface area contributed by atoms with Gasteiger partial charge in [-0.3, -0.25) is 9.59 Å². The molecular formula is C27H28N3O2PS. The number of hydrogen-bond acceptors (Lipinski definition) is 4. The molecule has 1 fully saturated rings. The number of H-pyrrole nitrogens is 1. The van der Waals surface area contributed by atoms with Crippen LogP contribution in [-0.2, 0) is 5.54 Å². The van der Waals surface area contributed by atoms with Crippen molar-refractivity contribution in [2.75, 3.05) is 29.5 Å². The Hall–Kier alpha value is -2.82. The molecule has 1 unspecified atom stereocenters. The number of hydrogen-bond donors (Lipinski definition) is 2. The molecule has 1 aliphatic heterocycles. The highest BCUT2D eigenvalue weighted by Gasteiger charge is 2.26. The second-order valence-corrected chi connectivity index (χ2v) is 11.1. The molecule has 0 aliphatic carbocycles. The van der Waals surface area contributed by atoms with E-state index < -0.39 is 5.54 Å². The van der Waals surface area contributed by atoms with Gasteiger partial charge in [0, 0.05) is 52.1 Å². The van der Waals surface area contributed by atoms with Crippen LogP contribution in [0.2, 0.25) is 0 Å². The largest absolute Gasteiger partial charge is 0.370 e. The van der Waals surface area contributed by atoms with Gasteiger partial charge in [0.25, 0.3) is 5.91 Å². The Morgan fingerprint density at radius 1 is 1.00 bits per heavy atom. The zero-order valence-corrected chi connectivity index (χ0v) is 21.3. The lowest BCUT2D eigenvalue weighted by molar-refractivity contribution is 0.0913. The predicted octanol–water partition coefficient (Wildman–Crippen LogP) is 4.40. The van der Waals surface area contributed by atoms with Crippen LogP contribution in [0.3, 0.4) is 0 Å². The van der Waals surface area contributed by atoms with Crippen LogP contribution in [0.25, 0.3) is 21.8 Å². The van der Waals surface area contributed by atoms with Crippen LogP contribution >= 0.6 is 21.0 Å². The molecule has 4 aromatic rings. The topological polar surface area (TPSA) is 65.2 Å². The van der Waals surface area contributed by atoms with E-state index >= 15 is 0 Å². The van der Waals surface area contributed by atoms with Gasteiger partial charge < -0.3 is 15.2 Å². The second-order valence-electron chi connectivity index (χ2n) is 9.21. The predicted molar refractivity (Wildman–Crippen MR) is 148 cm³/mol. The summed E-state index contributed by atoms with van der Waals surface area (Å²) in [5, 5.41) is 5.12. The van der Waals surface area contributed by atoms with Gasteiger partial charge in [-0.1, -0.05) is 24.3 Å². The first kappa shape index (κ1) is 22.9. The highest BCUT2D eigenvalue weighted by Crippen LogP contribution is 2.27. The number of thioether (sulfide) groups is 1. The van der Waals surface area contributed by atoms with Gasteiger partial charge in [0.15, 0.2) is 5.43 Å². The molecule has 1 atom stereocenters. The van der Waals surface area contributed by atoms with Crippen molar-refractivity contribution >= 4 is 59.7 Å². The maximum absolute atomic E-state index is 13.4. The van der Waals surface area contributed by atoms with E-state index in [1.807, 2.05) is 49.9 Å². The monoisotopic (exact) mass is 489 g/mol. The third-order valence-electron chi connectivity index (χ3n) is 6.49. The van der Waals surface area contributed by atoms with Gasteiger partial charge in [0.1, 0.15) is 0 Å². The van der Waals surface area contributed by atoms with Crippen molar-refractivity contribution in [1.82, 2.24) is 10.3 Å². The van der Waals surface area contributed by atoms with E-state index in [1.54, 1.807) is 12.1 Å². The van der Waals surface area contributed by atoms with E-state index in [4.69, 9.17) is 0 Å². The Balaban J connectivity index is 1.46. The summed E-state index contributed by atoms with van der Waals surface area (Å²) < 4.78 is 0. The minimum Gasteiger partial charge on any atom is -0.370 e. The standard InChI is InChI=1S/C27H28N3O2PS/c1-27(2,17-6-5-7-18(14-17)30-10-12-34-13-11-30)29-26(32)21-15-23-20(16-24(21)33)25(31)19-8-3-4-9-22(19)28-23/h3-9,14-16H,10-13,33H2,1-2H3,(H,28,31)(H,29,32). The number of rotatable bonds is 4. The van der Waals surface area contributed by atoms with Gasteiger partial charge in [-0.25, -0.2) is 0 Å². The number of fused-ring (bicyclic) bond motifs is 2. The summed E-state index contributed by atoms with van der Waals surface area (Å²) in [6.45, 7) is 6.13. The average molecular weight is 490 g/mol. The number of nitrogens with one attached hydrogen (secondary N) is 2. The summed E-state index contributed by atoms with van der Waals surface area (Å²) in [4.78, 5) is 32.1. The third-order valence-corrected chi connectivity index (χ3v) is 7.91. The van der Waals surface area contributed by atoms with Gasteiger partial charge >= 0.3 is 0 Å². The molecule has 0 radical (unpaired) electrons. The maximum atomic E-state index is 13.4. The molecule has 1 aromatic heterocycles. The molecule has 5 rings (SSSR count). The molecule has 2 heterocycles. The molecule has 1 amide bonds. The zero-order chi connectivity index (χ0) is 23.9. The summed E-state index contributed by atoms with van der Waals surface area (Å²) in [5.41, 5.74) is 3.59. The molecule has 0 spiro atoms. The number of benzene rings is 3. The zero-order valence-electron chi connectivity index (χ0n) is 19.4. The van der Waals surface area contributed by atoms with E-state index in [0.29, 0.717) is 27.2 Å². The number of aromatic nitrogens is 1. The smallest absolute Gasteiger partial charge is 0.252 e. The Labute approximate surface area is 205 Å². The molecule has 1 aliphatic rings. The van der Waals surface area contributed by atoms with Gasteiger partial charge in [0.2, 0.25) is 0 Å². The summed E-state index contributed by atoms with van der Waals surface area (Å²) in [6.07, 6.45) is 0. The molecule has 5 nitrogen and oxygen atoms in total. The number of carbonyl (C=O) groups is 1. The summed E-state index contributed by atoms with van der Waals surface area (Å²) in [6, 6.07) is 19.4. The molecule has 0 bridgehead atoms. The molecule has 3 aromatic carbocycles. The molecule has 1 saturated heterocycles. The van der Waals surface area contributed by atoms with E-state index in [1.165, 1.54) is 5.69 Å². The molecule has 2 N–H and O–H groups in total. The van der Waals surface area contributed by atoms with Crippen LogP contribution in [0.15, 0.2) is 65.5 Å². The number of aromatic amines is 1. The fourth-order valence-corrected chi connectivity index (χ4v) is 5.81. The number of carbonyl (C=O) groups excluding carboxylic acids is 1. The second kappa shape index (κ2) is 9.09. The van der Waals surface area contributed by atoms with E-state index in [9.17, 15) is 9.59 Å². The molecule has 7 heteroatoms. The van der Waals surface area contributed by atoms with Crippen molar-refractivity contribution in [2.45, 2.75) is 19.4 Å². The Morgan fingerprint density at radius 3 is 2.56 bits per heavy atom. The minimum atomic E-state index is -0.569. The highest BCUT2D eigenvalue weighted by molar-refractivity contribution is 7.99. The van der Waals surface area contributed by atoms with Crippen molar-refractivity contribution in [2.24, 2.45) is 0 Å². The van der Waals surface area contributed by atoms with Crippen molar-refractivity contribution in [3.05, 3.63) is 82.0 Å². The van der Waals surface area contributed by atoms with Crippen molar-refractivity contribution in [3.8, 4) is 0 Å². The van der Waals surface area contributed by atoms with E-state index in [2.05, 4.69) is 48.7 Å². The first-order valence-electron chi connectivity index (χ1n) is 11.4. The molecule has 34 heavy (non-hydrogen) atoms. The fraction of sp³-hybridized carbons (Fsp3) is 0.259. The van der Waals surface area contributed by atoms with Crippen LogP contribution in [0.4, 0.5) is 5.69 Å². The average Bonchev–Trinajstić information content (AvgIpc) is 2.85. The molecular weight excluding hydrogens is 461 g/mol. The SMILES string of the molecule is CC(C)(NC(=O)c1cc2[nH]c3ccccc3c(=O)c2cc1P)c1cccc(N2CCSCC2)c1. The van der Waals surface area contributed by atoms with Crippen LogP contribution in [-0.4, -0.2) is 35.5 Å². The minimum absolute atomic E-state index is 0.0340. The van der Waals surface area contributed by atoms with Gasteiger partial charge in [0.05, 0.1) is 11.1 Å². The van der Waals surface area contributed by atoms with Crippen molar-refractivity contribution in [1.29, 1.82) is 0 Å². The fourth-order valence-electron chi connectivity index (χ4n) is 4.52. The van der Waals surface area contributed by atoms with Gasteiger partial charge in [-0.15, -0.1) is 9.24 Å². The lowest BCUT2D eigenvalue weighted by atomic mass is 9.93. The summed E-state index contributed by atoms with van der Waals surface area (Å²) >= 11 is 1.99. The van der Waals surface area contributed by atoms with Crippen LogP contribution < -0.4 is 21.0 Å². The van der Waals surface area contributed by atoms with E-state index in [0.717, 1.165) is 35.7 Å². The van der Waals surface area contributed by atoms with Crippen molar-refractivity contribution < 1.29 is 4.79 Å². The number of pyridine rings is 1. The molecule has 174 valence electrons. The number of anilines is 1. The maximum Gasteiger partial charge on any atom is 0.252 e. The summed E-state index contributed by atoms with van der Waals surface area (Å²) in [5.74, 6) is 2.10. The molecule has 0 saturated carbocycles.